The van der Waals surface area contributed by atoms with E-state index in [9.17, 15) is 0 Å². The molecule has 2 heteroatoms. The fraction of sp³-hybridized carbons (Fsp3) is 0.200. The third-order valence-electron chi connectivity index (χ3n) is 9.86. The number of nitrogens with zero attached hydrogens (tertiary/aromatic N) is 2. The van der Waals surface area contributed by atoms with Crippen molar-refractivity contribution in [2.75, 3.05) is 0 Å². The average Bonchev–Trinajstić information content (AvgIpc) is 3.32. The lowest BCUT2D eigenvalue weighted by Crippen LogP contribution is -2.27. The first-order valence-electron chi connectivity index (χ1n) is 15.3. The first kappa shape index (κ1) is 25.5. The van der Waals surface area contributed by atoms with Crippen molar-refractivity contribution in [2.45, 2.75) is 52.1 Å². The first-order chi connectivity index (χ1) is 20.7. The summed E-state index contributed by atoms with van der Waals surface area (Å²) in [6.45, 7) is 8.56. The predicted molar refractivity (Wildman–Crippen MR) is 175 cm³/mol. The van der Waals surface area contributed by atoms with Crippen LogP contribution in [0.1, 0.15) is 59.3 Å². The molecule has 206 valence electrons. The van der Waals surface area contributed by atoms with Gasteiger partial charge in [-0.1, -0.05) is 121 Å². The molecular formula is C40H36N2. The van der Waals surface area contributed by atoms with E-state index < -0.39 is 0 Å². The molecule has 0 saturated carbocycles. The average molecular weight is 545 g/mol. The van der Waals surface area contributed by atoms with E-state index in [-0.39, 0.29) is 0 Å². The maximum absolute atomic E-state index is 2.68. The summed E-state index contributed by atoms with van der Waals surface area (Å²) in [5.41, 5.74) is 11.6. The third-order valence-corrected chi connectivity index (χ3v) is 9.86. The van der Waals surface area contributed by atoms with Crippen LogP contribution in [0.3, 0.4) is 0 Å². The highest BCUT2D eigenvalue weighted by atomic mass is 15.2. The normalized spacial score (nSPS) is 16.5. The monoisotopic (exact) mass is 544 g/mol. The van der Waals surface area contributed by atoms with Crippen molar-refractivity contribution in [3.8, 4) is 11.1 Å². The van der Waals surface area contributed by atoms with E-state index in [1.165, 1.54) is 66.1 Å². The number of hydrogen-bond acceptors (Lipinski definition) is 2. The molecule has 42 heavy (non-hydrogen) atoms. The second-order valence-corrected chi connectivity index (χ2v) is 12.2. The molecule has 0 amide bonds. The van der Waals surface area contributed by atoms with Crippen LogP contribution in [-0.2, 0) is 26.2 Å². The maximum Gasteiger partial charge on any atom is 0.0333 e. The Bertz CT molecular complexity index is 1750. The van der Waals surface area contributed by atoms with E-state index in [0.717, 1.165) is 26.2 Å². The summed E-state index contributed by atoms with van der Waals surface area (Å²) in [4.78, 5) is 5.36. The van der Waals surface area contributed by atoms with Crippen LogP contribution >= 0.6 is 0 Å². The number of benzene rings is 6. The van der Waals surface area contributed by atoms with E-state index in [2.05, 4.69) is 145 Å². The third kappa shape index (κ3) is 4.17. The van der Waals surface area contributed by atoms with Crippen molar-refractivity contribution >= 4 is 21.5 Å². The van der Waals surface area contributed by atoms with Gasteiger partial charge in [-0.05, 0) is 79.9 Å². The minimum absolute atomic E-state index is 0.299. The lowest BCUT2D eigenvalue weighted by atomic mass is 9.90. The molecule has 6 aromatic carbocycles. The van der Waals surface area contributed by atoms with E-state index in [1.807, 2.05) is 0 Å². The molecule has 6 aromatic rings. The van der Waals surface area contributed by atoms with Crippen molar-refractivity contribution < 1.29 is 0 Å². The molecule has 2 heterocycles. The van der Waals surface area contributed by atoms with Crippen LogP contribution in [0.15, 0.2) is 121 Å². The van der Waals surface area contributed by atoms with Crippen LogP contribution < -0.4 is 0 Å². The van der Waals surface area contributed by atoms with E-state index in [1.54, 1.807) is 0 Å². The van der Waals surface area contributed by atoms with Crippen LogP contribution in [-0.4, -0.2) is 9.80 Å². The molecule has 0 N–H and O–H groups in total. The minimum Gasteiger partial charge on any atom is -0.288 e. The van der Waals surface area contributed by atoms with Crippen molar-refractivity contribution in [1.82, 2.24) is 9.80 Å². The molecule has 0 aromatic heterocycles. The van der Waals surface area contributed by atoms with Gasteiger partial charge in [0, 0.05) is 38.3 Å². The zero-order chi connectivity index (χ0) is 28.2. The van der Waals surface area contributed by atoms with Gasteiger partial charge in [-0.3, -0.25) is 9.80 Å². The summed E-state index contributed by atoms with van der Waals surface area (Å²) in [5.74, 6) is 0. The fourth-order valence-electron chi connectivity index (χ4n) is 7.63. The van der Waals surface area contributed by atoms with Gasteiger partial charge < -0.3 is 0 Å². The minimum atomic E-state index is 0.299. The second kappa shape index (κ2) is 10.2. The molecular weight excluding hydrogens is 508 g/mol. The zero-order valence-electron chi connectivity index (χ0n) is 24.4. The number of rotatable bonds is 4. The van der Waals surface area contributed by atoms with E-state index >= 15 is 0 Å². The number of hydrogen-bond donors (Lipinski definition) is 0. The van der Waals surface area contributed by atoms with Gasteiger partial charge in [0.15, 0.2) is 0 Å². The largest absolute Gasteiger partial charge is 0.288 e. The molecule has 0 aliphatic carbocycles. The molecule has 2 aliphatic rings. The molecule has 0 fully saturated rings. The summed E-state index contributed by atoms with van der Waals surface area (Å²) in [7, 11) is 0. The van der Waals surface area contributed by atoms with Crippen molar-refractivity contribution in [3.63, 3.8) is 0 Å². The summed E-state index contributed by atoms with van der Waals surface area (Å²) in [6, 6.07) is 45.8. The Morgan fingerprint density at radius 1 is 0.405 bits per heavy atom. The Balaban J connectivity index is 1.21. The highest BCUT2D eigenvalue weighted by Crippen LogP contribution is 2.44. The predicted octanol–water partition coefficient (Wildman–Crippen LogP) is 9.81. The van der Waals surface area contributed by atoms with E-state index in [0.29, 0.717) is 12.1 Å². The highest BCUT2D eigenvalue weighted by molar-refractivity contribution is 5.87. The van der Waals surface area contributed by atoms with Gasteiger partial charge in [-0.25, -0.2) is 0 Å². The van der Waals surface area contributed by atoms with Gasteiger partial charge >= 0.3 is 0 Å². The molecule has 0 saturated heterocycles. The topological polar surface area (TPSA) is 6.48 Å². The summed E-state index contributed by atoms with van der Waals surface area (Å²) < 4.78 is 0. The van der Waals surface area contributed by atoms with Crippen molar-refractivity contribution in [2.24, 2.45) is 0 Å². The fourth-order valence-corrected chi connectivity index (χ4v) is 7.63. The highest BCUT2D eigenvalue weighted by Gasteiger charge is 2.31. The lowest BCUT2D eigenvalue weighted by molar-refractivity contribution is 0.191. The second-order valence-electron chi connectivity index (χ2n) is 12.2. The SMILES string of the molecule is C[C@H](c1cccc2ccccc12)N1Cc2cccc3c2-c2c(cccc2CN([C@H](C)c2cccc4ccccc24)C3)C1. The van der Waals surface area contributed by atoms with Gasteiger partial charge in [-0.15, -0.1) is 0 Å². The van der Waals surface area contributed by atoms with Crippen molar-refractivity contribution in [3.05, 3.63) is 155 Å². The Hall–Kier alpha value is -4.24. The molecule has 0 unspecified atom stereocenters. The van der Waals surface area contributed by atoms with E-state index in [4.69, 9.17) is 0 Å². The van der Waals surface area contributed by atoms with Crippen LogP contribution in [0.2, 0.25) is 0 Å². The van der Waals surface area contributed by atoms with Crippen LogP contribution in [0.25, 0.3) is 32.7 Å². The van der Waals surface area contributed by atoms with Gasteiger partial charge in [0.2, 0.25) is 0 Å². The number of fused-ring (bicyclic) bond motifs is 2. The summed E-state index contributed by atoms with van der Waals surface area (Å²) in [6.07, 6.45) is 0. The van der Waals surface area contributed by atoms with Crippen molar-refractivity contribution in [1.29, 1.82) is 0 Å². The zero-order valence-corrected chi connectivity index (χ0v) is 24.4. The molecule has 2 atom stereocenters. The van der Waals surface area contributed by atoms with Gasteiger partial charge in [-0.2, -0.15) is 0 Å². The first-order valence-corrected chi connectivity index (χ1v) is 15.3. The summed E-state index contributed by atoms with van der Waals surface area (Å²) >= 11 is 0. The Labute approximate surface area is 248 Å². The standard InChI is InChI=1S/C40H36N2/c1-27(35-21-9-13-29-11-3-5-19-37(29)35)41-23-31-15-7-17-33-25-42(26-34-18-8-16-32(24-41)40(34)39(31)33)28(2)36-22-10-14-30-12-4-6-20-38(30)36/h3-22,27-28H,23-26H2,1-2H3/t27-,28-/m1/s1. The summed E-state index contributed by atoms with van der Waals surface area (Å²) in [5, 5.41) is 5.35. The van der Waals surface area contributed by atoms with Crippen LogP contribution in [0.5, 0.6) is 0 Å². The van der Waals surface area contributed by atoms with Gasteiger partial charge in [0.25, 0.3) is 0 Å². The smallest absolute Gasteiger partial charge is 0.0333 e. The maximum atomic E-state index is 2.68. The van der Waals surface area contributed by atoms with Crippen LogP contribution in [0, 0.1) is 0 Å². The molecule has 8 rings (SSSR count). The molecule has 2 aliphatic heterocycles. The molecule has 0 spiro atoms. The Morgan fingerprint density at radius 2 is 0.738 bits per heavy atom. The molecule has 2 nitrogen and oxygen atoms in total. The quantitative estimate of drug-likeness (QED) is 0.218. The van der Waals surface area contributed by atoms with Crippen LogP contribution in [0.4, 0.5) is 0 Å². The Morgan fingerprint density at radius 3 is 1.14 bits per heavy atom. The molecule has 0 radical (unpaired) electrons. The van der Waals surface area contributed by atoms with Gasteiger partial charge in [0.05, 0.1) is 0 Å². The Kier molecular flexibility index (Phi) is 6.21. The van der Waals surface area contributed by atoms with Gasteiger partial charge in [0.1, 0.15) is 0 Å². The lowest BCUT2D eigenvalue weighted by Gasteiger charge is -2.31. The molecule has 0 bridgehead atoms.